The van der Waals surface area contributed by atoms with E-state index in [0.717, 1.165) is 32.1 Å². The Balaban J connectivity index is 1.35. The lowest BCUT2D eigenvalue weighted by Gasteiger charge is -2.19. The van der Waals surface area contributed by atoms with Gasteiger partial charge in [0.1, 0.15) is 0 Å². The molecular formula is C19H29N3O2. The van der Waals surface area contributed by atoms with Crippen molar-refractivity contribution in [3.8, 4) is 0 Å². The van der Waals surface area contributed by atoms with Gasteiger partial charge in [0, 0.05) is 26.2 Å². The molecule has 0 radical (unpaired) electrons. The quantitative estimate of drug-likeness (QED) is 0.594. The topological polar surface area (TPSA) is 54.9 Å². The van der Waals surface area contributed by atoms with Gasteiger partial charge in [-0.25, -0.2) is 0 Å². The zero-order valence-electron chi connectivity index (χ0n) is 14.7. The summed E-state index contributed by atoms with van der Waals surface area (Å²) in [5.41, 5.74) is 1.45. The van der Waals surface area contributed by atoms with Gasteiger partial charge in [0.15, 0.2) is 5.96 Å². The molecule has 2 aliphatic rings. The third kappa shape index (κ3) is 4.95. The molecule has 4 unspecified atom stereocenters. The van der Waals surface area contributed by atoms with Crippen LogP contribution in [0.5, 0.6) is 0 Å². The summed E-state index contributed by atoms with van der Waals surface area (Å²) in [5.74, 6) is 2.25. The Morgan fingerprint density at radius 3 is 2.92 bits per heavy atom. The van der Waals surface area contributed by atoms with Gasteiger partial charge in [-0.15, -0.1) is 0 Å². The molecule has 1 aromatic rings. The molecule has 2 fully saturated rings. The van der Waals surface area contributed by atoms with E-state index in [9.17, 15) is 0 Å². The van der Waals surface area contributed by atoms with Gasteiger partial charge in [-0.2, -0.15) is 0 Å². The number of aliphatic imine (C=N–C) groups is 1. The van der Waals surface area contributed by atoms with Crippen LogP contribution in [0.15, 0.2) is 35.3 Å². The molecule has 4 atom stereocenters. The highest BCUT2D eigenvalue weighted by Crippen LogP contribution is 2.46. The first-order chi connectivity index (χ1) is 11.8. The van der Waals surface area contributed by atoms with E-state index in [2.05, 4.69) is 52.9 Å². The van der Waals surface area contributed by atoms with Crippen molar-refractivity contribution < 1.29 is 9.47 Å². The normalized spacial score (nSPS) is 27.8. The molecule has 1 saturated heterocycles. The Morgan fingerprint density at radius 2 is 2.21 bits per heavy atom. The van der Waals surface area contributed by atoms with Crippen LogP contribution < -0.4 is 10.6 Å². The molecule has 1 heterocycles. The molecule has 5 nitrogen and oxygen atoms in total. The fourth-order valence-corrected chi connectivity index (χ4v) is 3.20. The highest BCUT2D eigenvalue weighted by Gasteiger charge is 2.37. The molecule has 1 saturated carbocycles. The van der Waals surface area contributed by atoms with Crippen LogP contribution in [0, 0.1) is 5.92 Å². The summed E-state index contributed by atoms with van der Waals surface area (Å²) >= 11 is 0. The largest absolute Gasteiger partial charge is 0.379 e. The molecule has 0 bridgehead atoms. The number of ether oxygens (including phenoxy) is 2. The maximum Gasteiger partial charge on any atom is 0.191 e. The molecule has 2 N–H and O–H groups in total. The van der Waals surface area contributed by atoms with Crippen LogP contribution in [0.2, 0.25) is 0 Å². The van der Waals surface area contributed by atoms with Crippen LogP contribution in [0.25, 0.3) is 0 Å². The Kier molecular flexibility index (Phi) is 6.10. The standard InChI is InChI=1S/C19H29N3O2/c1-14(12-24-17-8-9-23-13-17)22-19(20-2)21-11-16-10-18(16)15-6-4-3-5-7-15/h3-7,14,16-18H,8-13H2,1-2H3,(H2,20,21,22). The molecule has 1 aliphatic heterocycles. The number of rotatable bonds is 7. The SMILES string of the molecule is CN=C(NCC1CC1c1ccccc1)NC(C)COC1CCOC1. The maximum atomic E-state index is 5.85. The first-order valence-corrected chi connectivity index (χ1v) is 8.97. The molecule has 0 aromatic heterocycles. The third-order valence-corrected chi connectivity index (χ3v) is 4.76. The molecular weight excluding hydrogens is 302 g/mol. The number of hydrogen-bond acceptors (Lipinski definition) is 3. The summed E-state index contributed by atoms with van der Waals surface area (Å²) < 4.78 is 11.2. The van der Waals surface area contributed by atoms with Gasteiger partial charge in [0.2, 0.25) is 0 Å². The van der Waals surface area contributed by atoms with Crippen molar-refractivity contribution in [1.29, 1.82) is 0 Å². The minimum absolute atomic E-state index is 0.223. The zero-order valence-corrected chi connectivity index (χ0v) is 14.7. The van der Waals surface area contributed by atoms with Crippen molar-refractivity contribution in [1.82, 2.24) is 10.6 Å². The molecule has 3 rings (SSSR count). The van der Waals surface area contributed by atoms with Crippen molar-refractivity contribution in [2.45, 2.75) is 37.8 Å². The van der Waals surface area contributed by atoms with Gasteiger partial charge in [-0.1, -0.05) is 30.3 Å². The molecule has 5 heteroatoms. The predicted octanol–water partition coefficient (Wildman–Crippen LogP) is 2.15. The summed E-state index contributed by atoms with van der Waals surface area (Å²) in [4.78, 5) is 4.32. The van der Waals surface area contributed by atoms with Crippen molar-refractivity contribution in [3.63, 3.8) is 0 Å². The van der Waals surface area contributed by atoms with Crippen molar-refractivity contribution in [3.05, 3.63) is 35.9 Å². The molecule has 24 heavy (non-hydrogen) atoms. The van der Waals surface area contributed by atoms with Crippen molar-refractivity contribution >= 4 is 5.96 Å². The van der Waals surface area contributed by atoms with Crippen LogP contribution in [0.4, 0.5) is 0 Å². The summed E-state index contributed by atoms with van der Waals surface area (Å²) in [5, 5.41) is 6.85. The smallest absolute Gasteiger partial charge is 0.191 e. The van der Waals surface area contributed by atoms with E-state index in [-0.39, 0.29) is 12.1 Å². The Hall–Kier alpha value is -1.59. The van der Waals surface area contributed by atoms with Gasteiger partial charge < -0.3 is 20.1 Å². The summed E-state index contributed by atoms with van der Waals surface area (Å²) in [6.07, 6.45) is 2.51. The second-order valence-electron chi connectivity index (χ2n) is 6.83. The van der Waals surface area contributed by atoms with E-state index < -0.39 is 0 Å². The van der Waals surface area contributed by atoms with Crippen molar-refractivity contribution in [2.75, 3.05) is 33.4 Å². The summed E-state index contributed by atoms with van der Waals surface area (Å²) in [6, 6.07) is 11.0. The van der Waals surface area contributed by atoms with Crippen LogP contribution in [-0.4, -0.2) is 51.5 Å². The van der Waals surface area contributed by atoms with Crippen LogP contribution in [-0.2, 0) is 9.47 Å². The second kappa shape index (κ2) is 8.49. The van der Waals surface area contributed by atoms with E-state index in [1.54, 1.807) is 0 Å². The number of nitrogens with one attached hydrogen (secondary N) is 2. The third-order valence-electron chi connectivity index (χ3n) is 4.76. The van der Waals surface area contributed by atoms with Gasteiger partial charge in [-0.3, -0.25) is 4.99 Å². The minimum atomic E-state index is 0.223. The fourth-order valence-electron chi connectivity index (χ4n) is 3.20. The molecule has 0 amide bonds. The number of benzene rings is 1. The Labute approximate surface area is 144 Å². The highest BCUT2D eigenvalue weighted by molar-refractivity contribution is 5.80. The average Bonchev–Trinajstić information content (AvgIpc) is 3.20. The number of nitrogens with zero attached hydrogens (tertiary/aromatic N) is 1. The lowest BCUT2D eigenvalue weighted by atomic mass is 10.1. The van der Waals surface area contributed by atoms with Crippen molar-refractivity contribution in [2.24, 2.45) is 10.9 Å². The predicted molar refractivity (Wildman–Crippen MR) is 96.4 cm³/mol. The molecule has 132 valence electrons. The second-order valence-corrected chi connectivity index (χ2v) is 6.83. The molecule has 1 aliphatic carbocycles. The lowest BCUT2D eigenvalue weighted by Crippen LogP contribution is -2.45. The minimum Gasteiger partial charge on any atom is -0.379 e. The van der Waals surface area contributed by atoms with E-state index in [1.807, 2.05) is 7.05 Å². The van der Waals surface area contributed by atoms with E-state index in [0.29, 0.717) is 18.4 Å². The maximum absolute atomic E-state index is 5.85. The van der Waals surface area contributed by atoms with E-state index in [1.165, 1.54) is 12.0 Å². The summed E-state index contributed by atoms with van der Waals surface area (Å²) in [6.45, 7) is 5.29. The monoisotopic (exact) mass is 331 g/mol. The van der Waals surface area contributed by atoms with Gasteiger partial charge in [0.05, 0.1) is 19.3 Å². The first kappa shape index (κ1) is 17.2. The van der Waals surface area contributed by atoms with E-state index >= 15 is 0 Å². The zero-order chi connectivity index (χ0) is 16.8. The highest BCUT2D eigenvalue weighted by atomic mass is 16.5. The van der Waals surface area contributed by atoms with Gasteiger partial charge >= 0.3 is 0 Å². The lowest BCUT2D eigenvalue weighted by molar-refractivity contribution is 0.0347. The van der Waals surface area contributed by atoms with Crippen LogP contribution in [0.1, 0.15) is 31.2 Å². The molecule has 0 spiro atoms. The van der Waals surface area contributed by atoms with Gasteiger partial charge in [-0.05, 0) is 37.2 Å². The Bertz CT molecular complexity index is 529. The number of hydrogen-bond donors (Lipinski definition) is 2. The number of guanidine groups is 1. The van der Waals surface area contributed by atoms with Crippen LogP contribution in [0.3, 0.4) is 0 Å². The van der Waals surface area contributed by atoms with Gasteiger partial charge in [0.25, 0.3) is 0 Å². The molecule has 1 aromatic carbocycles. The van der Waals surface area contributed by atoms with Crippen LogP contribution >= 0.6 is 0 Å². The average molecular weight is 331 g/mol. The van der Waals surface area contributed by atoms with E-state index in [4.69, 9.17) is 9.47 Å². The summed E-state index contributed by atoms with van der Waals surface area (Å²) in [7, 11) is 1.81. The first-order valence-electron chi connectivity index (χ1n) is 8.97. The fraction of sp³-hybridized carbons (Fsp3) is 0.632. The Morgan fingerprint density at radius 1 is 1.38 bits per heavy atom.